The first-order valence-electron chi connectivity index (χ1n) is 8.10. The third kappa shape index (κ3) is 3.97. The number of hydrogen-bond donors (Lipinski definition) is 2. The monoisotopic (exact) mass is 376 g/mol. The van der Waals surface area contributed by atoms with Crippen LogP contribution in [0, 0.1) is 0 Å². The van der Waals surface area contributed by atoms with Crippen LogP contribution in [0.2, 0.25) is 0 Å². The van der Waals surface area contributed by atoms with Crippen LogP contribution < -0.4 is 10.0 Å². The highest BCUT2D eigenvalue weighted by Gasteiger charge is 2.12. The van der Waals surface area contributed by atoms with Crippen LogP contribution in [-0.2, 0) is 23.0 Å². The molecule has 3 rings (SSSR count). The molecule has 0 aliphatic carbocycles. The molecule has 25 heavy (non-hydrogen) atoms. The average Bonchev–Trinajstić information content (AvgIpc) is 3.08. The molecule has 0 aliphatic heterocycles. The predicted octanol–water partition coefficient (Wildman–Crippen LogP) is 3.16. The fourth-order valence-electron chi connectivity index (χ4n) is 2.44. The highest BCUT2D eigenvalue weighted by molar-refractivity contribution is 7.89. The van der Waals surface area contributed by atoms with E-state index in [-0.39, 0.29) is 4.90 Å². The molecule has 132 valence electrons. The summed E-state index contributed by atoms with van der Waals surface area (Å²) in [7, 11) is -3.41. The van der Waals surface area contributed by atoms with Crippen molar-refractivity contribution >= 4 is 37.4 Å². The third-order valence-electron chi connectivity index (χ3n) is 3.72. The van der Waals surface area contributed by atoms with Gasteiger partial charge >= 0.3 is 0 Å². The van der Waals surface area contributed by atoms with Crippen molar-refractivity contribution in [2.75, 3.05) is 11.9 Å². The molecule has 2 heterocycles. The number of nitrogens with zero attached hydrogens (tertiary/aromatic N) is 2. The lowest BCUT2D eigenvalue weighted by molar-refractivity contribution is 0.584. The summed E-state index contributed by atoms with van der Waals surface area (Å²) < 4.78 is 26.4. The minimum atomic E-state index is -3.41. The Morgan fingerprint density at radius 3 is 2.52 bits per heavy atom. The van der Waals surface area contributed by atoms with Gasteiger partial charge in [0.2, 0.25) is 10.0 Å². The van der Waals surface area contributed by atoms with E-state index >= 15 is 0 Å². The van der Waals surface area contributed by atoms with Crippen LogP contribution in [0.4, 0.5) is 5.82 Å². The van der Waals surface area contributed by atoms with E-state index in [0.717, 1.165) is 33.8 Å². The SMILES string of the molecule is CCNS(=O)(=O)c1ccc(CNc2nc(CC)nc3sccc23)cc1. The molecule has 0 radical (unpaired) electrons. The van der Waals surface area contributed by atoms with Crippen molar-refractivity contribution in [3.8, 4) is 0 Å². The second-order valence-electron chi connectivity index (χ2n) is 5.48. The zero-order chi connectivity index (χ0) is 17.9. The third-order valence-corrected chi connectivity index (χ3v) is 6.08. The van der Waals surface area contributed by atoms with Gasteiger partial charge in [0.25, 0.3) is 0 Å². The van der Waals surface area contributed by atoms with Crippen molar-refractivity contribution in [2.45, 2.75) is 31.7 Å². The van der Waals surface area contributed by atoms with Gasteiger partial charge in [-0.05, 0) is 29.1 Å². The second kappa shape index (κ2) is 7.47. The average molecular weight is 377 g/mol. The van der Waals surface area contributed by atoms with Crippen LogP contribution in [0.5, 0.6) is 0 Å². The van der Waals surface area contributed by atoms with Gasteiger partial charge in [-0.25, -0.2) is 23.1 Å². The summed E-state index contributed by atoms with van der Waals surface area (Å²) in [6.45, 7) is 4.72. The van der Waals surface area contributed by atoms with Gasteiger partial charge in [0.15, 0.2) is 0 Å². The lowest BCUT2D eigenvalue weighted by atomic mass is 10.2. The van der Waals surface area contributed by atoms with E-state index in [1.165, 1.54) is 0 Å². The van der Waals surface area contributed by atoms with Gasteiger partial charge in [0.1, 0.15) is 16.5 Å². The molecule has 1 aromatic carbocycles. The summed E-state index contributed by atoms with van der Waals surface area (Å²) in [5.41, 5.74) is 0.982. The van der Waals surface area contributed by atoms with E-state index in [0.29, 0.717) is 13.1 Å². The summed E-state index contributed by atoms with van der Waals surface area (Å²) in [5, 5.41) is 6.35. The summed E-state index contributed by atoms with van der Waals surface area (Å²) >= 11 is 1.60. The zero-order valence-corrected chi connectivity index (χ0v) is 15.7. The smallest absolute Gasteiger partial charge is 0.240 e. The molecule has 0 aliphatic rings. The summed E-state index contributed by atoms with van der Waals surface area (Å²) in [4.78, 5) is 10.3. The van der Waals surface area contributed by atoms with E-state index in [1.807, 2.05) is 30.5 Å². The maximum atomic E-state index is 12.0. The standard InChI is InChI=1S/C17H20N4O2S2/c1-3-15-20-16(14-9-10-24-17(14)21-15)18-11-12-5-7-13(8-6-12)25(22,23)19-4-2/h5-10,19H,3-4,11H2,1-2H3,(H,18,20,21). The van der Waals surface area contributed by atoms with Crippen molar-refractivity contribution in [3.63, 3.8) is 0 Å². The van der Waals surface area contributed by atoms with Gasteiger partial charge in [-0.1, -0.05) is 26.0 Å². The molecule has 0 saturated heterocycles. The number of thiophene rings is 1. The van der Waals surface area contributed by atoms with Crippen LogP contribution in [-0.4, -0.2) is 24.9 Å². The Kier molecular flexibility index (Phi) is 5.31. The van der Waals surface area contributed by atoms with E-state index in [1.54, 1.807) is 30.4 Å². The maximum Gasteiger partial charge on any atom is 0.240 e. The zero-order valence-electron chi connectivity index (χ0n) is 14.1. The summed E-state index contributed by atoms with van der Waals surface area (Å²) in [5.74, 6) is 1.62. The predicted molar refractivity (Wildman–Crippen MR) is 101 cm³/mol. The number of sulfonamides is 1. The Morgan fingerprint density at radius 1 is 1.08 bits per heavy atom. The normalized spacial score (nSPS) is 11.8. The minimum absolute atomic E-state index is 0.272. The van der Waals surface area contributed by atoms with Crippen molar-refractivity contribution in [3.05, 3.63) is 47.1 Å². The molecule has 6 nitrogen and oxygen atoms in total. The quantitative estimate of drug-likeness (QED) is 0.662. The number of aryl methyl sites for hydroxylation is 1. The van der Waals surface area contributed by atoms with Gasteiger partial charge in [0, 0.05) is 19.5 Å². The largest absolute Gasteiger partial charge is 0.365 e. The minimum Gasteiger partial charge on any atom is -0.365 e. The Morgan fingerprint density at radius 2 is 1.84 bits per heavy atom. The Labute approximate surface area is 151 Å². The topological polar surface area (TPSA) is 84.0 Å². The fraction of sp³-hybridized carbons (Fsp3) is 0.294. The highest BCUT2D eigenvalue weighted by Crippen LogP contribution is 2.25. The van der Waals surface area contributed by atoms with Crippen LogP contribution in [0.25, 0.3) is 10.2 Å². The number of aromatic nitrogens is 2. The molecular weight excluding hydrogens is 356 g/mol. The Balaban J connectivity index is 1.77. The Hall–Kier alpha value is -2.03. The number of rotatable bonds is 7. The fourth-order valence-corrected chi connectivity index (χ4v) is 4.26. The maximum absolute atomic E-state index is 12.0. The molecule has 0 amide bonds. The molecule has 0 bridgehead atoms. The summed E-state index contributed by atoms with van der Waals surface area (Å²) in [6, 6.07) is 8.86. The lowest BCUT2D eigenvalue weighted by Gasteiger charge is -2.09. The second-order valence-corrected chi connectivity index (χ2v) is 8.14. The molecular formula is C17H20N4O2S2. The number of benzene rings is 1. The van der Waals surface area contributed by atoms with Crippen LogP contribution >= 0.6 is 11.3 Å². The number of fused-ring (bicyclic) bond motifs is 1. The van der Waals surface area contributed by atoms with Crippen LogP contribution in [0.15, 0.2) is 40.6 Å². The van der Waals surface area contributed by atoms with Crippen LogP contribution in [0.1, 0.15) is 25.2 Å². The van der Waals surface area contributed by atoms with E-state index < -0.39 is 10.0 Å². The lowest BCUT2D eigenvalue weighted by Crippen LogP contribution is -2.23. The molecule has 2 N–H and O–H groups in total. The molecule has 0 unspecified atom stereocenters. The van der Waals surface area contributed by atoms with Gasteiger partial charge in [-0.2, -0.15) is 0 Å². The van der Waals surface area contributed by atoms with E-state index in [4.69, 9.17) is 0 Å². The first kappa shape index (κ1) is 17.8. The molecule has 0 fully saturated rings. The van der Waals surface area contributed by atoms with Crippen molar-refractivity contribution in [1.29, 1.82) is 0 Å². The first-order valence-corrected chi connectivity index (χ1v) is 10.5. The van der Waals surface area contributed by atoms with Crippen LogP contribution in [0.3, 0.4) is 0 Å². The van der Waals surface area contributed by atoms with Gasteiger partial charge in [0.05, 0.1) is 10.3 Å². The Bertz CT molecular complexity index is 966. The number of anilines is 1. The van der Waals surface area contributed by atoms with Crippen molar-refractivity contribution in [1.82, 2.24) is 14.7 Å². The molecule has 0 atom stereocenters. The van der Waals surface area contributed by atoms with Gasteiger partial charge in [-0.3, -0.25) is 0 Å². The molecule has 0 saturated carbocycles. The highest BCUT2D eigenvalue weighted by atomic mass is 32.2. The number of nitrogens with one attached hydrogen (secondary N) is 2. The van der Waals surface area contributed by atoms with Gasteiger partial charge < -0.3 is 5.32 Å². The van der Waals surface area contributed by atoms with Crippen molar-refractivity contribution < 1.29 is 8.42 Å². The molecule has 3 aromatic rings. The molecule has 2 aromatic heterocycles. The molecule has 8 heteroatoms. The van der Waals surface area contributed by atoms with Crippen molar-refractivity contribution in [2.24, 2.45) is 0 Å². The van der Waals surface area contributed by atoms with E-state index in [9.17, 15) is 8.42 Å². The summed E-state index contributed by atoms with van der Waals surface area (Å²) in [6.07, 6.45) is 0.777. The first-order chi connectivity index (χ1) is 12.0. The molecule has 0 spiro atoms. The number of hydrogen-bond acceptors (Lipinski definition) is 6. The van der Waals surface area contributed by atoms with Gasteiger partial charge in [-0.15, -0.1) is 11.3 Å². The van der Waals surface area contributed by atoms with E-state index in [2.05, 4.69) is 20.0 Å².